The van der Waals surface area contributed by atoms with Gasteiger partial charge < -0.3 is 10.7 Å². The lowest BCUT2D eigenvalue weighted by atomic mass is 10.0. The fraction of sp³-hybridized carbons (Fsp3) is 0. The SMILES string of the molecule is NC(=O)c1cc(-c2ccnc3[nH]ccc23)ccc1Cl. The summed E-state index contributed by atoms with van der Waals surface area (Å²) in [6.45, 7) is 0. The molecule has 1 aromatic carbocycles. The average molecular weight is 272 g/mol. The van der Waals surface area contributed by atoms with Crippen LogP contribution in [0.3, 0.4) is 0 Å². The monoisotopic (exact) mass is 271 g/mol. The number of fused-ring (bicyclic) bond motifs is 1. The number of nitrogens with one attached hydrogen (secondary N) is 1. The molecule has 0 bridgehead atoms. The molecular formula is C14H10ClN3O. The maximum atomic E-state index is 11.3. The van der Waals surface area contributed by atoms with Crippen molar-refractivity contribution in [1.82, 2.24) is 9.97 Å². The van der Waals surface area contributed by atoms with Gasteiger partial charge in [-0.2, -0.15) is 0 Å². The van der Waals surface area contributed by atoms with Crippen LogP contribution in [0.25, 0.3) is 22.2 Å². The molecule has 0 atom stereocenters. The highest BCUT2D eigenvalue weighted by atomic mass is 35.5. The fourth-order valence-corrected chi connectivity index (χ4v) is 2.30. The lowest BCUT2D eigenvalue weighted by Crippen LogP contribution is -2.11. The highest BCUT2D eigenvalue weighted by Gasteiger charge is 2.11. The Morgan fingerprint density at radius 2 is 2.11 bits per heavy atom. The van der Waals surface area contributed by atoms with E-state index in [4.69, 9.17) is 17.3 Å². The number of pyridine rings is 1. The number of aromatic amines is 1. The zero-order valence-corrected chi connectivity index (χ0v) is 10.6. The number of benzene rings is 1. The van der Waals surface area contributed by atoms with Crippen LogP contribution in [0.5, 0.6) is 0 Å². The molecule has 2 heterocycles. The summed E-state index contributed by atoms with van der Waals surface area (Å²) < 4.78 is 0. The van der Waals surface area contributed by atoms with Gasteiger partial charge in [0.05, 0.1) is 10.6 Å². The van der Waals surface area contributed by atoms with Crippen LogP contribution in [0, 0.1) is 0 Å². The van der Waals surface area contributed by atoms with Crippen molar-refractivity contribution in [3.63, 3.8) is 0 Å². The molecule has 19 heavy (non-hydrogen) atoms. The molecule has 0 unspecified atom stereocenters. The van der Waals surface area contributed by atoms with Crippen molar-refractivity contribution in [2.45, 2.75) is 0 Å². The first kappa shape index (κ1) is 11.7. The van der Waals surface area contributed by atoms with Crippen molar-refractivity contribution in [2.75, 3.05) is 0 Å². The molecule has 0 saturated heterocycles. The first-order valence-electron chi connectivity index (χ1n) is 5.68. The van der Waals surface area contributed by atoms with Gasteiger partial charge in [-0.3, -0.25) is 4.79 Å². The largest absolute Gasteiger partial charge is 0.366 e. The normalized spacial score (nSPS) is 10.8. The summed E-state index contributed by atoms with van der Waals surface area (Å²) >= 11 is 5.96. The number of amides is 1. The Morgan fingerprint density at radius 3 is 2.89 bits per heavy atom. The van der Waals surface area contributed by atoms with E-state index in [9.17, 15) is 4.79 Å². The second-order valence-electron chi connectivity index (χ2n) is 4.16. The van der Waals surface area contributed by atoms with Crippen LogP contribution in [-0.2, 0) is 0 Å². The molecule has 3 N–H and O–H groups in total. The van der Waals surface area contributed by atoms with Crippen LogP contribution in [0.1, 0.15) is 10.4 Å². The van der Waals surface area contributed by atoms with Gasteiger partial charge in [0.1, 0.15) is 5.65 Å². The van der Waals surface area contributed by atoms with Gasteiger partial charge in [-0.15, -0.1) is 0 Å². The maximum Gasteiger partial charge on any atom is 0.250 e. The van der Waals surface area contributed by atoms with Crippen LogP contribution >= 0.6 is 11.6 Å². The van der Waals surface area contributed by atoms with E-state index in [-0.39, 0.29) is 0 Å². The van der Waals surface area contributed by atoms with E-state index in [0.29, 0.717) is 10.6 Å². The number of carbonyl (C=O) groups excluding carboxylic acids is 1. The van der Waals surface area contributed by atoms with Crippen molar-refractivity contribution < 1.29 is 4.79 Å². The van der Waals surface area contributed by atoms with E-state index in [0.717, 1.165) is 22.2 Å². The van der Waals surface area contributed by atoms with Crippen LogP contribution < -0.4 is 5.73 Å². The fourth-order valence-electron chi connectivity index (χ4n) is 2.09. The molecule has 0 saturated carbocycles. The van der Waals surface area contributed by atoms with Gasteiger partial charge in [0, 0.05) is 17.8 Å². The average Bonchev–Trinajstić information content (AvgIpc) is 2.87. The van der Waals surface area contributed by atoms with Gasteiger partial charge in [-0.1, -0.05) is 17.7 Å². The van der Waals surface area contributed by atoms with Crippen molar-refractivity contribution in [1.29, 1.82) is 0 Å². The van der Waals surface area contributed by atoms with E-state index < -0.39 is 5.91 Å². The van der Waals surface area contributed by atoms with E-state index in [1.165, 1.54) is 0 Å². The number of rotatable bonds is 2. The minimum atomic E-state index is -0.536. The quantitative estimate of drug-likeness (QED) is 0.752. The molecule has 0 aliphatic heterocycles. The topological polar surface area (TPSA) is 71.8 Å². The number of halogens is 1. The molecule has 3 rings (SSSR count). The number of hydrogen-bond donors (Lipinski definition) is 2. The van der Waals surface area contributed by atoms with E-state index >= 15 is 0 Å². The summed E-state index contributed by atoms with van der Waals surface area (Å²) in [5.74, 6) is -0.536. The Kier molecular flexibility index (Phi) is 2.72. The lowest BCUT2D eigenvalue weighted by Gasteiger charge is -2.06. The second kappa shape index (κ2) is 4.40. The molecular weight excluding hydrogens is 262 g/mol. The van der Waals surface area contributed by atoms with Crippen molar-refractivity contribution in [3.8, 4) is 11.1 Å². The molecule has 94 valence electrons. The molecule has 3 aromatic rings. The van der Waals surface area contributed by atoms with Gasteiger partial charge in [-0.05, 0) is 35.4 Å². The Bertz CT molecular complexity index is 779. The van der Waals surface area contributed by atoms with Gasteiger partial charge in [0.25, 0.3) is 0 Å². The van der Waals surface area contributed by atoms with E-state index in [1.54, 1.807) is 18.3 Å². The number of primary amides is 1. The Hall–Kier alpha value is -2.33. The minimum absolute atomic E-state index is 0.319. The molecule has 0 aliphatic rings. The van der Waals surface area contributed by atoms with Crippen LogP contribution in [0.2, 0.25) is 5.02 Å². The third kappa shape index (κ3) is 1.96. The summed E-state index contributed by atoms with van der Waals surface area (Å²) in [5.41, 5.74) is 8.29. The highest BCUT2D eigenvalue weighted by Crippen LogP contribution is 2.29. The third-order valence-corrected chi connectivity index (χ3v) is 3.33. The summed E-state index contributed by atoms with van der Waals surface area (Å²) in [7, 11) is 0. The van der Waals surface area contributed by atoms with Crippen molar-refractivity contribution in [2.24, 2.45) is 5.73 Å². The Morgan fingerprint density at radius 1 is 1.26 bits per heavy atom. The third-order valence-electron chi connectivity index (χ3n) is 3.00. The summed E-state index contributed by atoms with van der Waals surface area (Å²) in [6, 6.07) is 9.07. The minimum Gasteiger partial charge on any atom is -0.366 e. The summed E-state index contributed by atoms with van der Waals surface area (Å²) in [6.07, 6.45) is 3.54. The van der Waals surface area contributed by atoms with Crippen LogP contribution in [-0.4, -0.2) is 15.9 Å². The first-order valence-corrected chi connectivity index (χ1v) is 6.06. The standard InChI is InChI=1S/C14H10ClN3O/c15-12-2-1-8(7-11(12)13(16)19)9-3-5-17-14-10(9)4-6-18-14/h1-7H,(H2,16,19)(H,17,18). The summed E-state index contributed by atoms with van der Waals surface area (Å²) in [5, 5.41) is 1.34. The number of nitrogens with zero attached hydrogens (tertiary/aromatic N) is 1. The molecule has 0 aliphatic carbocycles. The Balaban J connectivity index is 2.24. The first-order chi connectivity index (χ1) is 9.16. The molecule has 0 spiro atoms. The molecule has 0 radical (unpaired) electrons. The number of carbonyl (C=O) groups is 1. The smallest absolute Gasteiger partial charge is 0.250 e. The second-order valence-corrected chi connectivity index (χ2v) is 4.56. The molecule has 0 fully saturated rings. The predicted molar refractivity (Wildman–Crippen MR) is 75.1 cm³/mol. The van der Waals surface area contributed by atoms with Gasteiger partial charge in [0.15, 0.2) is 0 Å². The number of aromatic nitrogens is 2. The van der Waals surface area contributed by atoms with Gasteiger partial charge in [0.2, 0.25) is 5.91 Å². The predicted octanol–water partition coefficient (Wildman–Crippen LogP) is 2.98. The van der Waals surface area contributed by atoms with Crippen LogP contribution in [0.15, 0.2) is 42.7 Å². The zero-order valence-electron chi connectivity index (χ0n) is 9.85. The van der Waals surface area contributed by atoms with E-state index in [1.807, 2.05) is 24.4 Å². The Labute approximate surface area is 114 Å². The van der Waals surface area contributed by atoms with E-state index in [2.05, 4.69) is 9.97 Å². The molecule has 5 heteroatoms. The highest BCUT2D eigenvalue weighted by molar-refractivity contribution is 6.34. The zero-order chi connectivity index (χ0) is 13.4. The molecule has 4 nitrogen and oxygen atoms in total. The van der Waals surface area contributed by atoms with Crippen LogP contribution in [0.4, 0.5) is 0 Å². The molecule has 1 amide bonds. The van der Waals surface area contributed by atoms with Crippen molar-refractivity contribution in [3.05, 3.63) is 53.3 Å². The van der Waals surface area contributed by atoms with Crippen molar-refractivity contribution >= 4 is 28.5 Å². The lowest BCUT2D eigenvalue weighted by molar-refractivity contribution is 0.100. The maximum absolute atomic E-state index is 11.3. The molecule has 2 aromatic heterocycles. The number of nitrogens with two attached hydrogens (primary N) is 1. The van der Waals surface area contributed by atoms with Gasteiger partial charge in [-0.25, -0.2) is 4.98 Å². The summed E-state index contributed by atoms with van der Waals surface area (Å²) in [4.78, 5) is 18.6. The number of H-pyrrole nitrogens is 1. The number of hydrogen-bond acceptors (Lipinski definition) is 2. The van der Waals surface area contributed by atoms with Gasteiger partial charge >= 0.3 is 0 Å².